The van der Waals surface area contributed by atoms with Crippen molar-refractivity contribution in [3.63, 3.8) is 0 Å². The van der Waals surface area contributed by atoms with Crippen LogP contribution in [0.15, 0.2) is 24.3 Å². The monoisotopic (exact) mass is 249 g/mol. The van der Waals surface area contributed by atoms with E-state index >= 15 is 0 Å². The van der Waals surface area contributed by atoms with Crippen LogP contribution in [0.1, 0.15) is 6.92 Å². The van der Waals surface area contributed by atoms with Gasteiger partial charge in [0, 0.05) is 37.6 Å². The predicted octanol–water partition coefficient (Wildman–Crippen LogP) is 1.43. The second-order valence-corrected chi connectivity index (χ2v) is 4.89. The largest absolute Gasteiger partial charge is 0.399 e. The zero-order chi connectivity index (χ0) is 13.0. The third-order valence-corrected chi connectivity index (χ3v) is 3.38. The summed E-state index contributed by atoms with van der Waals surface area (Å²) in [6, 6.07) is 8.05. The smallest absolute Gasteiger partial charge is 0.0876 e. The van der Waals surface area contributed by atoms with E-state index in [0.717, 1.165) is 38.5 Å². The molecule has 0 bridgehead atoms. The number of hydrogen-bond acceptors (Lipinski definition) is 4. The number of likely N-dealkylation sites (N-methyl/N-ethyl adjacent to an activating group) is 2. The van der Waals surface area contributed by atoms with Crippen LogP contribution in [-0.2, 0) is 4.74 Å². The number of morpholine rings is 1. The lowest BCUT2D eigenvalue weighted by atomic mass is 10.2. The molecule has 18 heavy (non-hydrogen) atoms. The minimum Gasteiger partial charge on any atom is -0.399 e. The summed E-state index contributed by atoms with van der Waals surface area (Å²) < 4.78 is 5.82. The number of nitrogens with zero attached hydrogens (tertiary/aromatic N) is 2. The number of anilines is 2. The van der Waals surface area contributed by atoms with Crippen LogP contribution in [0, 0.1) is 0 Å². The van der Waals surface area contributed by atoms with Gasteiger partial charge in [-0.15, -0.1) is 0 Å². The molecule has 1 heterocycles. The number of nitrogen functional groups attached to an aromatic ring is 1. The standard InChI is InChI=1S/C14H23N3O/c1-3-17(13-6-4-5-12(15)9-13)11-14-10-16(2)7-8-18-14/h4-6,9,14H,3,7-8,10-11,15H2,1-2H3. The molecule has 1 saturated heterocycles. The number of benzene rings is 1. The van der Waals surface area contributed by atoms with E-state index < -0.39 is 0 Å². The van der Waals surface area contributed by atoms with Crippen molar-refractivity contribution >= 4 is 11.4 Å². The Morgan fingerprint density at radius 2 is 2.33 bits per heavy atom. The Morgan fingerprint density at radius 1 is 1.50 bits per heavy atom. The first-order chi connectivity index (χ1) is 8.69. The van der Waals surface area contributed by atoms with Crippen LogP contribution >= 0.6 is 0 Å². The molecule has 0 saturated carbocycles. The van der Waals surface area contributed by atoms with Gasteiger partial charge in [0.15, 0.2) is 0 Å². The summed E-state index contributed by atoms with van der Waals surface area (Å²) >= 11 is 0. The van der Waals surface area contributed by atoms with Crippen molar-refractivity contribution in [1.82, 2.24) is 4.90 Å². The Bertz CT molecular complexity index is 383. The van der Waals surface area contributed by atoms with Crippen LogP contribution in [0.25, 0.3) is 0 Å². The first kappa shape index (κ1) is 13.2. The zero-order valence-corrected chi connectivity index (χ0v) is 11.3. The highest BCUT2D eigenvalue weighted by molar-refractivity contribution is 5.55. The quantitative estimate of drug-likeness (QED) is 0.820. The zero-order valence-electron chi connectivity index (χ0n) is 11.3. The van der Waals surface area contributed by atoms with Crippen LogP contribution in [0.3, 0.4) is 0 Å². The van der Waals surface area contributed by atoms with Gasteiger partial charge in [-0.3, -0.25) is 0 Å². The summed E-state index contributed by atoms with van der Waals surface area (Å²) in [5, 5.41) is 0. The third kappa shape index (κ3) is 3.37. The van der Waals surface area contributed by atoms with Crippen molar-refractivity contribution in [1.29, 1.82) is 0 Å². The van der Waals surface area contributed by atoms with E-state index in [1.165, 1.54) is 5.69 Å². The molecular formula is C14H23N3O. The van der Waals surface area contributed by atoms with Gasteiger partial charge >= 0.3 is 0 Å². The molecule has 2 rings (SSSR count). The lowest BCUT2D eigenvalue weighted by molar-refractivity contribution is -0.0146. The molecule has 0 spiro atoms. The number of rotatable bonds is 4. The average Bonchev–Trinajstić information content (AvgIpc) is 2.36. The molecule has 1 aromatic carbocycles. The molecule has 0 aliphatic carbocycles. The SMILES string of the molecule is CCN(CC1CN(C)CCO1)c1cccc(N)c1. The van der Waals surface area contributed by atoms with E-state index in [4.69, 9.17) is 10.5 Å². The fraction of sp³-hybridized carbons (Fsp3) is 0.571. The molecule has 4 heteroatoms. The molecule has 1 unspecified atom stereocenters. The summed E-state index contributed by atoms with van der Waals surface area (Å²) in [6.45, 7) is 6.91. The molecule has 0 radical (unpaired) electrons. The molecule has 1 atom stereocenters. The van der Waals surface area contributed by atoms with Gasteiger partial charge in [0.25, 0.3) is 0 Å². The highest BCUT2D eigenvalue weighted by atomic mass is 16.5. The van der Waals surface area contributed by atoms with Crippen LogP contribution in [0.5, 0.6) is 0 Å². The van der Waals surface area contributed by atoms with Gasteiger partial charge < -0.3 is 20.3 Å². The molecule has 1 aliphatic rings. The normalized spacial score (nSPS) is 20.9. The van der Waals surface area contributed by atoms with E-state index in [1.54, 1.807) is 0 Å². The third-order valence-electron chi connectivity index (χ3n) is 3.38. The van der Waals surface area contributed by atoms with Crippen molar-refractivity contribution in [2.75, 3.05) is 50.5 Å². The number of hydrogen-bond donors (Lipinski definition) is 1. The van der Waals surface area contributed by atoms with Crippen LogP contribution in [-0.4, -0.2) is 50.8 Å². The maximum Gasteiger partial charge on any atom is 0.0876 e. The maximum absolute atomic E-state index is 5.84. The first-order valence-electron chi connectivity index (χ1n) is 6.59. The van der Waals surface area contributed by atoms with Crippen LogP contribution in [0.2, 0.25) is 0 Å². The van der Waals surface area contributed by atoms with E-state index in [-0.39, 0.29) is 6.10 Å². The number of ether oxygens (including phenoxy) is 1. The van der Waals surface area contributed by atoms with Gasteiger partial charge in [-0.25, -0.2) is 0 Å². The Hall–Kier alpha value is -1.26. The minimum atomic E-state index is 0.283. The van der Waals surface area contributed by atoms with Gasteiger partial charge in [-0.2, -0.15) is 0 Å². The molecule has 2 N–H and O–H groups in total. The van der Waals surface area contributed by atoms with Gasteiger partial charge in [0.1, 0.15) is 0 Å². The molecule has 1 fully saturated rings. The van der Waals surface area contributed by atoms with Crippen molar-refractivity contribution in [3.8, 4) is 0 Å². The molecule has 0 aromatic heterocycles. The van der Waals surface area contributed by atoms with Crippen molar-refractivity contribution < 1.29 is 4.74 Å². The number of nitrogens with two attached hydrogens (primary N) is 1. The Morgan fingerprint density at radius 3 is 3.00 bits per heavy atom. The Balaban J connectivity index is 2.00. The highest BCUT2D eigenvalue weighted by Gasteiger charge is 2.20. The lowest BCUT2D eigenvalue weighted by Crippen LogP contribution is -2.46. The Kier molecular flexibility index (Phi) is 4.44. The van der Waals surface area contributed by atoms with E-state index in [9.17, 15) is 0 Å². The van der Waals surface area contributed by atoms with E-state index in [0.29, 0.717) is 0 Å². The van der Waals surface area contributed by atoms with Gasteiger partial charge in [-0.05, 0) is 32.2 Å². The van der Waals surface area contributed by atoms with Crippen molar-refractivity contribution in [2.45, 2.75) is 13.0 Å². The molecular weight excluding hydrogens is 226 g/mol. The second-order valence-electron chi connectivity index (χ2n) is 4.89. The molecule has 0 amide bonds. The average molecular weight is 249 g/mol. The van der Waals surface area contributed by atoms with Gasteiger partial charge in [0.05, 0.1) is 12.7 Å². The fourth-order valence-corrected chi connectivity index (χ4v) is 2.36. The highest BCUT2D eigenvalue weighted by Crippen LogP contribution is 2.18. The second kappa shape index (κ2) is 6.07. The van der Waals surface area contributed by atoms with Crippen molar-refractivity contribution in [3.05, 3.63) is 24.3 Å². The van der Waals surface area contributed by atoms with E-state index in [2.05, 4.69) is 29.8 Å². The molecule has 4 nitrogen and oxygen atoms in total. The predicted molar refractivity (Wildman–Crippen MR) is 76.0 cm³/mol. The summed E-state index contributed by atoms with van der Waals surface area (Å²) in [4.78, 5) is 4.64. The Labute approximate surface area is 109 Å². The minimum absolute atomic E-state index is 0.283. The van der Waals surface area contributed by atoms with Crippen LogP contribution < -0.4 is 10.6 Å². The lowest BCUT2D eigenvalue weighted by Gasteiger charge is -2.34. The van der Waals surface area contributed by atoms with E-state index in [1.807, 2.05) is 18.2 Å². The van der Waals surface area contributed by atoms with Crippen LogP contribution in [0.4, 0.5) is 11.4 Å². The van der Waals surface area contributed by atoms with Gasteiger partial charge in [0.2, 0.25) is 0 Å². The summed E-state index contributed by atoms with van der Waals surface area (Å²) in [5.41, 5.74) is 7.83. The summed E-state index contributed by atoms with van der Waals surface area (Å²) in [5.74, 6) is 0. The first-order valence-corrected chi connectivity index (χ1v) is 6.59. The molecule has 1 aliphatic heterocycles. The molecule has 100 valence electrons. The summed E-state index contributed by atoms with van der Waals surface area (Å²) in [7, 11) is 2.15. The topological polar surface area (TPSA) is 41.7 Å². The molecule has 1 aromatic rings. The summed E-state index contributed by atoms with van der Waals surface area (Å²) in [6.07, 6.45) is 0.283. The maximum atomic E-state index is 5.84. The van der Waals surface area contributed by atoms with Gasteiger partial charge in [-0.1, -0.05) is 6.07 Å². The van der Waals surface area contributed by atoms with Crippen molar-refractivity contribution in [2.24, 2.45) is 0 Å². The fourth-order valence-electron chi connectivity index (χ4n) is 2.36.